The maximum Gasteiger partial charge on any atom is 0.249 e. The van der Waals surface area contributed by atoms with E-state index in [1.54, 1.807) is 12.1 Å². The van der Waals surface area contributed by atoms with Crippen molar-refractivity contribution in [2.75, 3.05) is 5.32 Å². The third kappa shape index (κ3) is 5.58. The number of hydrogen-bond donors (Lipinski definition) is 3. The Balaban J connectivity index is 1.78. The Bertz CT molecular complexity index is 712. The van der Waals surface area contributed by atoms with Gasteiger partial charge < -0.3 is 10.4 Å². The topological polar surface area (TPSA) is 90.8 Å². The van der Waals surface area contributed by atoms with Crippen molar-refractivity contribution in [3.63, 3.8) is 0 Å². The Morgan fingerprint density at radius 3 is 2.35 bits per heavy atom. The van der Waals surface area contributed by atoms with Gasteiger partial charge in [-0.3, -0.25) is 9.59 Å². The minimum atomic E-state index is -0.584. The van der Waals surface area contributed by atoms with Crippen LogP contribution >= 0.6 is 0 Å². The van der Waals surface area contributed by atoms with Gasteiger partial charge in [-0.25, -0.2) is 9.82 Å². The second-order valence-electron chi connectivity index (χ2n) is 4.62. The van der Waals surface area contributed by atoms with Crippen LogP contribution in [-0.4, -0.2) is 23.1 Å². The number of nitrogens with zero attached hydrogens (tertiary/aromatic N) is 1. The van der Waals surface area contributed by atoms with Gasteiger partial charge in [0.15, 0.2) is 0 Å². The van der Waals surface area contributed by atoms with Gasteiger partial charge in [0.05, 0.1) is 6.21 Å². The zero-order valence-electron chi connectivity index (χ0n) is 12.0. The Labute approximate surface area is 131 Å². The van der Waals surface area contributed by atoms with Crippen molar-refractivity contribution < 1.29 is 19.1 Å². The lowest BCUT2D eigenvalue weighted by Gasteiger charge is -2.04. The molecule has 0 aromatic heterocycles. The van der Waals surface area contributed by atoms with Crippen LogP contribution in [0.3, 0.4) is 0 Å². The summed E-state index contributed by atoms with van der Waals surface area (Å²) in [4.78, 5) is 23.2. The van der Waals surface area contributed by atoms with E-state index >= 15 is 0 Å². The first-order valence-corrected chi connectivity index (χ1v) is 6.69. The molecule has 0 aliphatic carbocycles. The van der Waals surface area contributed by atoms with Crippen molar-refractivity contribution in [1.82, 2.24) is 5.43 Å². The standard InChI is InChI=1S/C16H14FN3O3/c17-12-3-5-13(6-4-12)19-15(22)9-16(23)20-18-10-11-1-7-14(21)8-2-11/h1-8,10,21H,9H2,(H,19,22)(H,20,23)/b18-10+. The molecule has 0 spiro atoms. The maximum absolute atomic E-state index is 12.7. The maximum atomic E-state index is 12.7. The van der Waals surface area contributed by atoms with E-state index in [9.17, 15) is 14.0 Å². The highest BCUT2D eigenvalue weighted by Crippen LogP contribution is 2.09. The second-order valence-corrected chi connectivity index (χ2v) is 4.62. The minimum absolute atomic E-state index is 0.128. The minimum Gasteiger partial charge on any atom is -0.508 e. The van der Waals surface area contributed by atoms with Crippen LogP contribution in [0.4, 0.5) is 10.1 Å². The smallest absolute Gasteiger partial charge is 0.249 e. The Morgan fingerprint density at radius 2 is 1.70 bits per heavy atom. The lowest BCUT2D eigenvalue weighted by molar-refractivity contribution is -0.126. The predicted octanol–water partition coefficient (Wildman–Crippen LogP) is 2.01. The summed E-state index contributed by atoms with van der Waals surface area (Å²) in [6.45, 7) is 0. The number of anilines is 1. The molecule has 0 heterocycles. The fraction of sp³-hybridized carbons (Fsp3) is 0.0625. The molecule has 2 aromatic rings. The molecule has 118 valence electrons. The first-order valence-electron chi connectivity index (χ1n) is 6.69. The molecule has 0 saturated heterocycles. The van der Waals surface area contributed by atoms with Gasteiger partial charge in [-0.2, -0.15) is 5.10 Å². The number of halogens is 1. The highest BCUT2D eigenvalue weighted by atomic mass is 19.1. The second kappa shape index (κ2) is 7.69. The van der Waals surface area contributed by atoms with Crippen molar-refractivity contribution in [2.24, 2.45) is 5.10 Å². The van der Waals surface area contributed by atoms with E-state index in [1.807, 2.05) is 0 Å². The monoisotopic (exact) mass is 315 g/mol. The Morgan fingerprint density at radius 1 is 1.04 bits per heavy atom. The van der Waals surface area contributed by atoms with Crippen molar-refractivity contribution >= 4 is 23.7 Å². The van der Waals surface area contributed by atoms with Crippen molar-refractivity contribution in [3.05, 3.63) is 59.9 Å². The molecule has 6 nitrogen and oxygen atoms in total. The van der Waals surface area contributed by atoms with Gasteiger partial charge in [0.2, 0.25) is 11.8 Å². The molecule has 0 unspecified atom stereocenters. The zero-order valence-corrected chi connectivity index (χ0v) is 12.0. The number of nitrogens with one attached hydrogen (secondary N) is 2. The summed E-state index contributed by atoms with van der Waals surface area (Å²) in [5.74, 6) is -1.40. The predicted molar refractivity (Wildman–Crippen MR) is 83.5 cm³/mol. The number of phenols is 1. The van der Waals surface area contributed by atoms with Gasteiger partial charge >= 0.3 is 0 Å². The van der Waals surface area contributed by atoms with Crippen LogP contribution in [0.25, 0.3) is 0 Å². The van der Waals surface area contributed by atoms with Crippen molar-refractivity contribution in [3.8, 4) is 5.75 Å². The van der Waals surface area contributed by atoms with Crippen molar-refractivity contribution in [2.45, 2.75) is 6.42 Å². The molecule has 0 bridgehead atoms. The molecule has 2 aromatic carbocycles. The Hall–Kier alpha value is -3.22. The van der Waals surface area contributed by atoms with E-state index in [1.165, 1.54) is 42.6 Å². The molecule has 0 saturated carbocycles. The van der Waals surface area contributed by atoms with E-state index in [4.69, 9.17) is 5.11 Å². The number of hydrogen-bond acceptors (Lipinski definition) is 4. The number of amides is 2. The summed E-state index contributed by atoms with van der Waals surface area (Å²) in [5, 5.41) is 15.3. The Kier molecular flexibility index (Phi) is 5.40. The van der Waals surface area contributed by atoms with Gasteiger partial charge in [-0.1, -0.05) is 0 Å². The van der Waals surface area contributed by atoms with E-state index in [0.29, 0.717) is 11.3 Å². The number of aromatic hydroxyl groups is 1. The van der Waals surface area contributed by atoms with E-state index in [2.05, 4.69) is 15.8 Å². The van der Waals surface area contributed by atoms with Crippen LogP contribution in [0, 0.1) is 5.82 Å². The lowest BCUT2D eigenvalue weighted by Crippen LogP contribution is -2.24. The summed E-state index contributed by atoms with van der Waals surface area (Å²) in [6.07, 6.45) is 0.972. The van der Waals surface area contributed by atoms with Crippen LogP contribution in [0.5, 0.6) is 5.75 Å². The molecule has 0 atom stereocenters. The number of carbonyl (C=O) groups excluding carboxylic acids is 2. The highest BCUT2D eigenvalue weighted by Gasteiger charge is 2.08. The molecule has 2 amide bonds. The summed E-state index contributed by atoms with van der Waals surface area (Å²) in [6, 6.07) is 11.4. The first-order chi connectivity index (χ1) is 11.0. The fourth-order valence-corrected chi connectivity index (χ4v) is 1.66. The van der Waals surface area contributed by atoms with Crippen LogP contribution in [0.1, 0.15) is 12.0 Å². The molecule has 2 rings (SSSR count). The number of carbonyl (C=O) groups is 2. The summed E-state index contributed by atoms with van der Waals surface area (Å²) >= 11 is 0. The van der Waals surface area contributed by atoms with Gasteiger partial charge in [0, 0.05) is 5.69 Å². The number of phenolic OH excluding ortho intramolecular Hbond substituents is 1. The molecule has 0 fully saturated rings. The molecular weight excluding hydrogens is 301 g/mol. The van der Waals surface area contributed by atoms with Crippen LogP contribution in [0.15, 0.2) is 53.6 Å². The van der Waals surface area contributed by atoms with E-state index < -0.39 is 24.1 Å². The third-order valence-corrected chi connectivity index (χ3v) is 2.75. The van der Waals surface area contributed by atoms with Crippen LogP contribution in [-0.2, 0) is 9.59 Å². The number of hydrazone groups is 1. The highest BCUT2D eigenvalue weighted by molar-refractivity contribution is 6.03. The molecule has 0 radical (unpaired) electrons. The van der Waals surface area contributed by atoms with Crippen molar-refractivity contribution in [1.29, 1.82) is 0 Å². The fourth-order valence-electron chi connectivity index (χ4n) is 1.66. The molecule has 3 N–H and O–H groups in total. The normalized spacial score (nSPS) is 10.5. The molecule has 0 aliphatic heterocycles. The largest absolute Gasteiger partial charge is 0.508 e. The quantitative estimate of drug-likeness (QED) is 0.448. The summed E-state index contributed by atoms with van der Waals surface area (Å²) < 4.78 is 12.7. The molecular formula is C16H14FN3O3. The molecule has 23 heavy (non-hydrogen) atoms. The molecule has 7 heteroatoms. The van der Waals surface area contributed by atoms with E-state index in [-0.39, 0.29) is 5.75 Å². The first kappa shape index (κ1) is 16.2. The number of rotatable bonds is 5. The average molecular weight is 315 g/mol. The van der Waals surface area contributed by atoms with Crippen LogP contribution in [0.2, 0.25) is 0 Å². The van der Waals surface area contributed by atoms with Gasteiger partial charge in [0.1, 0.15) is 18.0 Å². The van der Waals surface area contributed by atoms with Crippen LogP contribution < -0.4 is 10.7 Å². The van der Waals surface area contributed by atoms with Gasteiger partial charge in [-0.15, -0.1) is 0 Å². The molecule has 0 aliphatic rings. The van der Waals surface area contributed by atoms with Gasteiger partial charge in [0.25, 0.3) is 0 Å². The lowest BCUT2D eigenvalue weighted by atomic mass is 10.2. The van der Waals surface area contributed by atoms with Gasteiger partial charge in [-0.05, 0) is 54.1 Å². The zero-order chi connectivity index (χ0) is 16.7. The number of benzene rings is 2. The summed E-state index contributed by atoms with van der Waals surface area (Å²) in [5.41, 5.74) is 3.30. The van der Waals surface area contributed by atoms with E-state index in [0.717, 1.165) is 0 Å². The SMILES string of the molecule is O=C(CC(=O)Nc1ccc(F)cc1)N/N=C/c1ccc(O)cc1. The third-order valence-electron chi connectivity index (χ3n) is 2.75. The average Bonchev–Trinajstić information content (AvgIpc) is 2.51. The summed E-state index contributed by atoms with van der Waals surface area (Å²) in [7, 11) is 0.